The lowest BCUT2D eigenvalue weighted by Gasteiger charge is -2.28. The maximum absolute atomic E-state index is 6.19. The summed E-state index contributed by atoms with van der Waals surface area (Å²) in [7, 11) is 1.83. The van der Waals surface area contributed by atoms with Gasteiger partial charge in [0.2, 0.25) is 11.4 Å². The summed E-state index contributed by atoms with van der Waals surface area (Å²) >= 11 is 5.14. The summed E-state index contributed by atoms with van der Waals surface area (Å²) in [6, 6.07) is 14.1. The number of ether oxygens (including phenoxy) is 2. The second-order valence-corrected chi connectivity index (χ2v) is 7.46. The molecule has 3 aromatic rings. The number of halogens is 1. The predicted octanol–water partition coefficient (Wildman–Crippen LogP) is 3.87. The average Bonchev–Trinajstić information content (AvgIpc) is 3.05. The zero-order chi connectivity index (χ0) is 17.2. The van der Waals surface area contributed by atoms with Gasteiger partial charge < -0.3 is 9.47 Å². The molecule has 2 heterocycles. The monoisotopic (exact) mass is 418 g/mol. The second-order valence-electron chi connectivity index (χ2n) is 5.60. The lowest BCUT2D eigenvalue weighted by Crippen LogP contribution is -2.19. The first-order valence-electron chi connectivity index (χ1n) is 7.70. The van der Waals surface area contributed by atoms with Crippen LogP contribution in [0.2, 0.25) is 0 Å². The Hall–Kier alpha value is -1.90. The molecule has 1 atom stereocenters. The van der Waals surface area contributed by atoms with Crippen molar-refractivity contribution in [2.24, 2.45) is 7.05 Å². The van der Waals surface area contributed by atoms with Crippen molar-refractivity contribution < 1.29 is 9.47 Å². The van der Waals surface area contributed by atoms with E-state index in [1.165, 1.54) is 0 Å². The highest BCUT2D eigenvalue weighted by atomic mass is 79.9. The van der Waals surface area contributed by atoms with Crippen LogP contribution in [-0.4, -0.2) is 20.2 Å². The lowest BCUT2D eigenvalue weighted by atomic mass is 10.1. The molecule has 4 rings (SSSR count). The fraction of sp³-hybridized carbons (Fsp3) is 0.235. The maximum atomic E-state index is 6.19. The molecule has 0 radical (unpaired) electrons. The quantitative estimate of drug-likeness (QED) is 0.599. The molecule has 0 bridgehead atoms. The molecule has 1 aromatic heterocycles. The number of rotatable bonds is 4. The Bertz CT molecular complexity index is 888. The zero-order valence-electron chi connectivity index (χ0n) is 13.4. The Morgan fingerprint density at radius 2 is 2.12 bits per heavy atom. The number of nitrogens with zero attached hydrogens (tertiary/aromatic N) is 4. The molecule has 1 aliphatic rings. The van der Waals surface area contributed by atoms with Crippen molar-refractivity contribution in [2.45, 2.75) is 23.8 Å². The summed E-state index contributed by atoms with van der Waals surface area (Å²) in [5.41, 5.74) is 3.13. The first kappa shape index (κ1) is 16.6. The van der Waals surface area contributed by atoms with E-state index in [1.807, 2.05) is 43.4 Å². The van der Waals surface area contributed by atoms with Gasteiger partial charge in [-0.15, -0.1) is 5.10 Å². The summed E-state index contributed by atoms with van der Waals surface area (Å²) < 4.78 is 14.7. The summed E-state index contributed by atoms with van der Waals surface area (Å²) in [6.07, 6.45) is -0.393. The molecule has 1 unspecified atom stereocenters. The summed E-state index contributed by atoms with van der Waals surface area (Å²) in [5, 5.41) is 12.3. The summed E-state index contributed by atoms with van der Waals surface area (Å²) in [6.45, 7) is 0.511. The van der Waals surface area contributed by atoms with Gasteiger partial charge in [0, 0.05) is 34.0 Å². The maximum Gasteiger partial charge on any atom is 0.227 e. The van der Waals surface area contributed by atoms with Crippen LogP contribution in [0.1, 0.15) is 23.0 Å². The number of aromatic nitrogens is 4. The van der Waals surface area contributed by atoms with Gasteiger partial charge in [-0.3, -0.25) is 0 Å². The van der Waals surface area contributed by atoms with Crippen LogP contribution in [0.15, 0.2) is 52.1 Å². The molecule has 0 spiro atoms. The zero-order valence-corrected chi connectivity index (χ0v) is 15.8. The molecule has 8 heteroatoms. The van der Waals surface area contributed by atoms with Gasteiger partial charge in [0.1, 0.15) is 5.75 Å². The van der Waals surface area contributed by atoms with Crippen LogP contribution in [0, 0.1) is 0 Å². The highest BCUT2D eigenvalue weighted by Crippen LogP contribution is 2.39. The molecule has 6 nitrogen and oxygen atoms in total. The minimum Gasteiger partial charge on any atom is -0.460 e. The normalized spacial score (nSPS) is 16.3. The molecular formula is C17H15BrN4O2S. The van der Waals surface area contributed by atoms with E-state index in [0.29, 0.717) is 12.4 Å². The van der Waals surface area contributed by atoms with Crippen molar-refractivity contribution in [1.82, 2.24) is 20.2 Å². The Morgan fingerprint density at radius 1 is 1.28 bits per heavy atom. The van der Waals surface area contributed by atoms with Crippen LogP contribution in [0.5, 0.6) is 5.75 Å². The first-order valence-corrected chi connectivity index (χ1v) is 9.48. The smallest absolute Gasteiger partial charge is 0.227 e. The van der Waals surface area contributed by atoms with Gasteiger partial charge in [-0.25, -0.2) is 4.68 Å². The largest absolute Gasteiger partial charge is 0.460 e. The van der Waals surface area contributed by atoms with Gasteiger partial charge in [-0.05, 0) is 22.6 Å². The number of benzene rings is 2. The van der Waals surface area contributed by atoms with E-state index in [1.54, 1.807) is 16.4 Å². The molecule has 0 N–H and O–H groups in total. The molecule has 1 aliphatic heterocycles. The topological polar surface area (TPSA) is 62.1 Å². The van der Waals surface area contributed by atoms with Crippen LogP contribution in [0.25, 0.3) is 0 Å². The molecule has 2 aromatic carbocycles. The van der Waals surface area contributed by atoms with Crippen molar-refractivity contribution in [1.29, 1.82) is 0 Å². The van der Waals surface area contributed by atoms with Crippen LogP contribution in [-0.2, 0) is 24.1 Å². The Labute approximate surface area is 157 Å². The van der Waals surface area contributed by atoms with Crippen LogP contribution in [0.3, 0.4) is 0 Å². The molecule has 0 saturated carbocycles. The standard InChI is InChI=1S/C17H15BrN4O2S/c1-22-17(19-20-21-22)25-10-13-8-14(18)7-12-9-23-16(24-15(12)13)11-5-3-2-4-6-11/h2-8,16H,9-10H2,1H3. The SMILES string of the molecule is Cn1nnnc1SCc1cc(Br)cc2c1OC(c1ccccc1)OC2. The van der Waals surface area contributed by atoms with Crippen molar-refractivity contribution in [3.8, 4) is 5.75 Å². The highest BCUT2D eigenvalue weighted by molar-refractivity contribution is 9.10. The number of tetrazole rings is 1. The fourth-order valence-corrected chi connectivity index (χ4v) is 4.01. The molecule has 0 fully saturated rings. The van der Waals surface area contributed by atoms with Crippen molar-refractivity contribution in [3.63, 3.8) is 0 Å². The number of hydrogen-bond donors (Lipinski definition) is 0. The minimum absolute atomic E-state index is 0.393. The molecule has 128 valence electrons. The second kappa shape index (κ2) is 7.15. The fourth-order valence-electron chi connectivity index (χ4n) is 2.64. The predicted molar refractivity (Wildman–Crippen MR) is 97.1 cm³/mol. The lowest BCUT2D eigenvalue weighted by molar-refractivity contribution is -0.111. The average molecular weight is 419 g/mol. The Kier molecular flexibility index (Phi) is 4.74. The van der Waals surface area contributed by atoms with Crippen LogP contribution >= 0.6 is 27.7 Å². The van der Waals surface area contributed by atoms with Crippen LogP contribution < -0.4 is 4.74 Å². The van der Waals surface area contributed by atoms with Gasteiger partial charge >= 0.3 is 0 Å². The third-order valence-electron chi connectivity index (χ3n) is 3.83. The number of thioether (sulfide) groups is 1. The van der Waals surface area contributed by atoms with E-state index in [9.17, 15) is 0 Å². The molecule has 0 aliphatic carbocycles. The van der Waals surface area contributed by atoms with Gasteiger partial charge in [-0.2, -0.15) is 0 Å². The molecule has 25 heavy (non-hydrogen) atoms. The Morgan fingerprint density at radius 3 is 2.88 bits per heavy atom. The Balaban J connectivity index is 1.60. The molecular weight excluding hydrogens is 404 g/mol. The van der Waals surface area contributed by atoms with Gasteiger partial charge in [-0.1, -0.05) is 58.0 Å². The first-order chi connectivity index (χ1) is 12.2. The number of aryl methyl sites for hydroxylation is 1. The van der Waals surface area contributed by atoms with E-state index in [4.69, 9.17) is 9.47 Å². The summed E-state index contributed by atoms with van der Waals surface area (Å²) in [5.74, 6) is 1.59. The van der Waals surface area contributed by atoms with Crippen molar-refractivity contribution >= 4 is 27.7 Å². The minimum atomic E-state index is -0.393. The van der Waals surface area contributed by atoms with Gasteiger partial charge in [0.05, 0.1) is 6.61 Å². The summed E-state index contributed by atoms with van der Waals surface area (Å²) in [4.78, 5) is 0. The van der Waals surface area contributed by atoms with E-state index < -0.39 is 6.29 Å². The van der Waals surface area contributed by atoms with Gasteiger partial charge in [0.15, 0.2) is 0 Å². The van der Waals surface area contributed by atoms with Crippen LogP contribution in [0.4, 0.5) is 0 Å². The van der Waals surface area contributed by atoms with E-state index in [0.717, 1.165) is 32.1 Å². The van der Waals surface area contributed by atoms with E-state index in [-0.39, 0.29) is 0 Å². The third-order valence-corrected chi connectivity index (χ3v) is 5.35. The van der Waals surface area contributed by atoms with Crippen molar-refractivity contribution in [3.05, 3.63) is 63.6 Å². The number of fused-ring (bicyclic) bond motifs is 1. The molecule has 0 saturated heterocycles. The van der Waals surface area contributed by atoms with E-state index >= 15 is 0 Å². The van der Waals surface area contributed by atoms with Gasteiger partial charge in [0.25, 0.3) is 0 Å². The van der Waals surface area contributed by atoms with Crippen molar-refractivity contribution in [2.75, 3.05) is 0 Å². The number of hydrogen-bond acceptors (Lipinski definition) is 6. The van der Waals surface area contributed by atoms with E-state index in [2.05, 4.69) is 37.5 Å². The highest BCUT2D eigenvalue weighted by Gasteiger charge is 2.25. The third kappa shape index (κ3) is 3.56. The molecule has 0 amide bonds.